The van der Waals surface area contributed by atoms with Gasteiger partial charge in [-0.15, -0.1) is 0 Å². The minimum Gasteiger partial charge on any atom is -0.310 e. The summed E-state index contributed by atoms with van der Waals surface area (Å²) < 4.78 is 0. The minimum absolute atomic E-state index is 0.0398. The van der Waals surface area contributed by atoms with Crippen molar-refractivity contribution >= 4 is 55.7 Å². The number of hydrogen-bond donors (Lipinski definition) is 0. The average Bonchev–Trinajstić information content (AvgIpc) is 3.29. The Morgan fingerprint density at radius 1 is 0.333 bits per heavy atom. The lowest BCUT2D eigenvalue weighted by atomic mass is 9.62. The van der Waals surface area contributed by atoms with E-state index < -0.39 is 0 Å². The van der Waals surface area contributed by atoms with Crippen LogP contribution in [0, 0.1) is 0 Å². The zero-order chi connectivity index (χ0) is 40.8. The van der Waals surface area contributed by atoms with E-state index in [2.05, 4.69) is 244 Å². The molecular formula is C58H50N2. The maximum Gasteiger partial charge on any atom is 0.0540 e. The lowest BCUT2D eigenvalue weighted by Gasteiger charge is -2.44. The second-order valence-corrected chi connectivity index (χ2v) is 17.7. The highest BCUT2D eigenvalue weighted by Gasteiger charge is 2.39. The van der Waals surface area contributed by atoms with Crippen molar-refractivity contribution in [1.29, 1.82) is 0 Å². The number of benzene rings is 9. The third kappa shape index (κ3) is 6.82. The van der Waals surface area contributed by atoms with Gasteiger partial charge in [-0.2, -0.15) is 0 Å². The highest BCUT2D eigenvalue weighted by atomic mass is 15.2. The Bertz CT molecular complexity index is 2950. The molecule has 2 nitrogen and oxygen atoms in total. The van der Waals surface area contributed by atoms with Crippen LogP contribution in [0.1, 0.15) is 51.7 Å². The van der Waals surface area contributed by atoms with Gasteiger partial charge in [-0.25, -0.2) is 0 Å². The van der Waals surface area contributed by atoms with Crippen LogP contribution in [0.4, 0.5) is 34.1 Å². The van der Waals surface area contributed by atoms with Gasteiger partial charge in [-0.05, 0) is 134 Å². The summed E-state index contributed by atoms with van der Waals surface area (Å²) >= 11 is 0. The van der Waals surface area contributed by atoms with E-state index in [0.29, 0.717) is 0 Å². The van der Waals surface area contributed by atoms with E-state index in [1.807, 2.05) is 0 Å². The molecule has 0 aliphatic heterocycles. The van der Waals surface area contributed by atoms with Crippen LogP contribution in [0.3, 0.4) is 0 Å². The van der Waals surface area contributed by atoms with E-state index in [9.17, 15) is 0 Å². The lowest BCUT2D eigenvalue weighted by Crippen LogP contribution is -2.35. The maximum atomic E-state index is 2.48. The van der Waals surface area contributed by atoms with Crippen LogP contribution in [-0.4, -0.2) is 0 Å². The van der Waals surface area contributed by atoms with Crippen LogP contribution in [0.2, 0.25) is 0 Å². The van der Waals surface area contributed by atoms with Crippen molar-refractivity contribution in [3.8, 4) is 22.3 Å². The molecule has 292 valence electrons. The molecule has 0 saturated heterocycles. The molecule has 0 amide bonds. The van der Waals surface area contributed by atoms with Crippen molar-refractivity contribution in [1.82, 2.24) is 0 Å². The molecule has 0 radical (unpaired) electrons. The Labute approximate surface area is 355 Å². The zero-order valence-corrected chi connectivity index (χ0v) is 34.9. The summed E-state index contributed by atoms with van der Waals surface area (Å²) in [5.41, 5.74) is 14.8. The van der Waals surface area contributed by atoms with Gasteiger partial charge in [0.25, 0.3) is 0 Å². The van der Waals surface area contributed by atoms with Crippen molar-refractivity contribution in [2.75, 3.05) is 9.80 Å². The first-order valence-corrected chi connectivity index (χ1v) is 21.3. The first-order valence-electron chi connectivity index (χ1n) is 21.3. The molecule has 0 N–H and O–H groups in total. The van der Waals surface area contributed by atoms with Gasteiger partial charge in [0.05, 0.1) is 11.4 Å². The predicted octanol–water partition coefficient (Wildman–Crippen LogP) is 16.6. The van der Waals surface area contributed by atoms with E-state index in [0.717, 1.165) is 34.9 Å². The van der Waals surface area contributed by atoms with Crippen LogP contribution in [0.15, 0.2) is 206 Å². The predicted molar refractivity (Wildman–Crippen MR) is 257 cm³/mol. The van der Waals surface area contributed by atoms with Gasteiger partial charge in [0, 0.05) is 28.1 Å². The van der Waals surface area contributed by atoms with Gasteiger partial charge in [0.15, 0.2) is 0 Å². The van der Waals surface area contributed by atoms with Crippen molar-refractivity contribution < 1.29 is 0 Å². The Morgan fingerprint density at radius 3 is 1.42 bits per heavy atom. The fraction of sp³-hybridized carbons (Fsp3) is 0.138. The Balaban J connectivity index is 1.04. The van der Waals surface area contributed by atoms with Crippen molar-refractivity contribution in [3.63, 3.8) is 0 Å². The van der Waals surface area contributed by atoms with Gasteiger partial charge < -0.3 is 9.80 Å². The fourth-order valence-corrected chi connectivity index (χ4v) is 9.50. The molecule has 10 rings (SSSR count). The molecule has 0 fully saturated rings. The lowest BCUT2D eigenvalue weighted by molar-refractivity contribution is 0.332. The number of rotatable bonds is 8. The number of hydrogen-bond acceptors (Lipinski definition) is 2. The summed E-state index contributed by atoms with van der Waals surface area (Å²) in [7, 11) is 0. The van der Waals surface area contributed by atoms with E-state index in [1.165, 1.54) is 67.0 Å². The normalized spacial score (nSPS) is 14.1. The molecule has 1 aliphatic rings. The smallest absolute Gasteiger partial charge is 0.0540 e. The van der Waals surface area contributed by atoms with Gasteiger partial charge >= 0.3 is 0 Å². The second-order valence-electron chi connectivity index (χ2n) is 17.7. The van der Waals surface area contributed by atoms with Crippen LogP contribution in [0.5, 0.6) is 0 Å². The highest BCUT2D eigenvalue weighted by molar-refractivity contribution is 6.00. The first kappa shape index (κ1) is 37.4. The molecule has 0 spiro atoms. The largest absolute Gasteiger partial charge is 0.310 e. The summed E-state index contributed by atoms with van der Waals surface area (Å²) in [4.78, 5) is 4.88. The number of fused-ring (bicyclic) bond motifs is 3. The summed E-state index contributed by atoms with van der Waals surface area (Å²) in [6.45, 7) is 9.67. The summed E-state index contributed by atoms with van der Waals surface area (Å²) in [6, 6.07) is 75.5. The SMILES string of the molecule is CC1(C)CCC(C)(C)c2c(N(c3ccc(-c4ccccc4)cc3)c3ccc(-c4ccc(N(c5ccc6ccccc6c5)c5cccc6ccccc56)cc4)cc3)cccc21. The van der Waals surface area contributed by atoms with Crippen LogP contribution < -0.4 is 9.80 Å². The topological polar surface area (TPSA) is 6.48 Å². The van der Waals surface area contributed by atoms with Gasteiger partial charge in [-0.1, -0.05) is 173 Å². The first-order chi connectivity index (χ1) is 29.2. The Kier molecular flexibility index (Phi) is 9.37. The minimum atomic E-state index is 0.0398. The van der Waals surface area contributed by atoms with Gasteiger partial charge in [0.2, 0.25) is 0 Å². The van der Waals surface area contributed by atoms with E-state index in [-0.39, 0.29) is 10.8 Å². The van der Waals surface area contributed by atoms with Crippen LogP contribution >= 0.6 is 0 Å². The highest BCUT2D eigenvalue weighted by Crippen LogP contribution is 2.52. The van der Waals surface area contributed by atoms with Crippen LogP contribution in [-0.2, 0) is 10.8 Å². The molecule has 0 bridgehead atoms. The molecule has 9 aromatic carbocycles. The zero-order valence-electron chi connectivity index (χ0n) is 34.9. The molecule has 0 heterocycles. The third-order valence-corrected chi connectivity index (χ3v) is 12.9. The van der Waals surface area contributed by atoms with E-state index in [4.69, 9.17) is 0 Å². The van der Waals surface area contributed by atoms with E-state index >= 15 is 0 Å². The molecular weight excluding hydrogens is 725 g/mol. The molecule has 9 aromatic rings. The van der Waals surface area contributed by atoms with Crippen molar-refractivity contribution in [2.24, 2.45) is 0 Å². The van der Waals surface area contributed by atoms with Crippen LogP contribution in [0.25, 0.3) is 43.8 Å². The third-order valence-electron chi connectivity index (χ3n) is 12.9. The summed E-state index contributed by atoms with van der Waals surface area (Å²) in [5.74, 6) is 0. The standard InChI is InChI=1S/C58H50N2/c1-57(2)38-39-58(3,4)56-53(57)21-13-23-55(56)59(48-31-24-43(25-32-48)41-14-6-5-7-15-41)49-33-26-44(27-34-49)45-28-35-50(36-29-45)60(51-37-30-42-16-8-9-18-47(42)40-51)54-22-12-19-46-17-10-11-20-52(46)54/h5-37,40H,38-39H2,1-4H3. The second kappa shape index (κ2) is 15.0. The number of anilines is 6. The quantitative estimate of drug-likeness (QED) is 0.152. The summed E-state index contributed by atoms with van der Waals surface area (Å²) in [6.07, 6.45) is 2.33. The number of nitrogens with zero attached hydrogens (tertiary/aromatic N) is 2. The van der Waals surface area contributed by atoms with Crippen molar-refractivity contribution in [2.45, 2.75) is 51.4 Å². The molecule has 0 atom stereocenters. The molecule has 0 aromatic heterocycles. The molecule has 2 heteroatoms. The molecule has 0 saturated carbocycles. The fourth-order valence-electron chi connectivity index (χ4n) is 9.50. The Morgan fingerprint density at radius 2 is 0.783 bits per heavy atom. The monoisotopic (exact) mass is 774 g/mol. The molecule has 0 unspecified atom stereocenters. The molecule has 1 aliphatic carbocycles. The molecule has 60 heavy (non-hydrogen) atoms. The van der Waals surface area contributed by atoms with Gasteiger partial charge in [-0.3, -0.25) is 0 Å². The van der Waals surface area contributed by atoms with Crippen molar-refractivity contribution in [3.05, 3.63) is 217 Å². The van der Waals surface area contributed by atoms with Gasteiger partial charge in [0.1, 0.15) is 0 Å². The Hall–Kier alpha value is -6.90. The van der Waals surface area contributed by atoms with E-state index in [1.54, 1.807) is 0 Å². The summed E-state index contributed by atoms with van der Waals surface area (Å²) in [5, 5.41) is 4.91. The maximum absolute atomic E-state index is 2.48. The average molecular weight is 775 g/mol.